The highest BCUT2D eigenvalue weighted by Gasteiger charge is 2.62. The standard InChI is InChI=1S/C32H23FI2N2O5/c33-24-3-1-2-20(28(24)38)25-19-12-13-21-26(31(41)36(29(21)39)17-8-4-15(34)5-9-17)22(19)14-23-27(25)32(42)37(30(23)40)18-10-6-16(35)7-11-18/h1-12,21-23,25-27,38H,13-14H2. The third kappa shape index (κ3) is 4.08. The number of hydrogen-bond donors (Lipinski definition) is 1. The van der Waals surface area contributed by atoms with E-state index < -0.39 is 53.0 Å². The third-order valence-corrected chi connectivity index (χ3v) is 10.6. The number of rotatable bonds is 3. The average Bonchev–Trinajstić information content (AvgIpc) is 3.38. The second-order valence-electron chi connectivity index (χ2n) is 11.2. The number of imide groups is 2. The van der Waals surface area contributed by atoms with Gasteiger partial charge in [0.05, 0.1) is 35.0 Å². The number of amides is 4. The molecule has 4 aliphatic rings. The van der Waals surface area contributed by atoms with Crippen LogP contribution in [-0.4, -0.2) is 28.7 Å². The molecule has 3 fully saturated rings. The van der Waals surface area contributed by atoms with Gasteiger partial charge in [-0.1, -0.05) is 23.8 Å². The van der Waals surface area contributed by atoms with Crippen LogP contribution in [-0.2, 0) is 19.2 Å². The van der Waals surface area contributed by atoms with Gasteiger partial charge in [-0.25, -0.2) is 4.39 Å². The highest BCUT2D eigenvalue weighted by atomic mass is 127. The van der Waals surface area contributed by atoms with Gasteiger partial charge in [0.25, 0.3) is 0 Å². The number of para-hydroxylation sites is 1. The Morgan fingerprint density at radius 2 is 1.24 bits per heavy atom. The van der Waals surface area contributed by atoms with E-state index in [9.17, 15) is 28.7 Å². The van der Waals surface area contributed by atoms with E-state index in [-0.39, 0.29) is 36.1 Å². The van der Waals surface area contributed by atoms with Gasteiger partial charge in [-0.2, -0.15) is 0 Å². The van der Waals surface area contributed by atoms with Gasteiger partial charge in [0.15, 0.2) is 11.6 Å². The van der Waals surface area contributed by atoms with Crippen LogP contribution in [0.2, 0.25) is 0 Å². The molecule has 0 aromatic heterocycles. The van der Waals surface area contributed by atoms with E-state index in [1.807, 2.05) is 30.3 Å². The molecule has 212 valence electrons. The van der Waals surface area contributed by atoms with Crippen LogP contribution in [0.1, 0.15) is 24.3 Å². The van der Waals surface area contributed by atoms with Gasteiger partial charge in [-0.3, -0.25) is 29.0 Å². The van der Waals surface area contributed by atoms with E-state index in [0.29, 0.717) is 16.9 Å². The number of carbonyl (C=O) groups is 4. The number of phenolic OH excluding ortho intramolecular Hbond substituents is 1. The first-order valence-electron chi connectivity index (χ1n) is 13.6. The molecule has 6 atom stereocenters. The highest BCUT2D eigenvalue weighted by Crippen LogP contribution is 2.59. The summed E-state index contributed by atoms with van der Waals surface area (Å²) < 4.78 is 16.6. The number of allylic oxidation sites excluding steroid dienone is 2. The van der Waals surface area contributed by atoms with E-state index in [2.05, 4.69) is 45.2 Å². The molecule has 2 aliphatic carbocycles. The summed E-state index contributed by atoms with van der Waals surface area (Å²) in [5.41, 5.74) is 1.84. The lowest BCUT2D eigenvalue weighted by molar-refractivity contribution is -0.126. The van der Waals surface area contributed by atoms with Crippen LogP contribution in [0.5, 0.6) is 5.75 Å². The molecule has 3 aromatic carbocycles. The van der Waals surface area contributed by atoms with E-state index in [0.717, 1.165) is 13.2 Å². The van der Waals surface area contributed by atoms with Crippen molar-refractivity contribution in [3.63, 3.8) is 0 Å². The predicted molar refractivity (Wildman–Crippen MR) is 169 cm³/mol. The highest BCUT2D eigenvalue weighted by molar-refractivity contribution is 14.1. The van der Waals surface area contributed by atoms with Gasteiger partial charge in [0.1, 0.15) is 0 Å². The number of hydrogen-bond acceptors (Lipinski definition) is 5. The Balaban J connectivity index is 1.35. The molecule has 42 heavy (non-hydrogen) atoms. The molecule has 7 nitrogen and oxygen atoms in total. The van der Waals surface area contributed by atoms with Gasteiger partial charge >= 0.3 is 0 Å². The molecule has 6 unspecified atom stereocenters. The summed E-state index contributed by atoms with van der Waals surface area (Å²) in [5, 5.41) is 10.9. The summed E-state index contributed by atoms with van der Waals surface area (Å²) in [7, 11) is 0. The van der Waals surface area contributed by atoms with Crippen molar-refractivity contribution in [2.45, 2.75) is 18.8 Å². The molecule has 0 radical (unpaired) electrons. The quantitative estimate of drug-likeness (QED) is 0.206. The molecule has 1 N–H and O–H groups in total. The smallest absolute Gasteiger partial charge is 0.238 e. The monoisotopic (exact) mass is 788 g/mol. The lowest BCUT2D eigenvalue weighted by atomic mass is 9.57. The van der Waals surface area contributed by atoms with Crippen LogP contribution in [0.25, 0.3) is 0 Å². The molecule has 3 aromatic rings. The minimum atomic E-state index is -0.886. The number of aromatic hydroxyl groups is 1. The lowest BCUT2D eigenvalue weighted by Gasteiger charge is -2.44. The lowest BCUT2D eigenvalue weighted by Crippen LogP contribution is -2.43. The second kappa shape index (κ2) is 10.2. The Morgan fingerprint density at radius 1 is 0.690 bits per heavy atom. The van der Waals surface area contributed by atoms with Gasteiger partial charge in [-0.05, 0) is 119 Å². The number of benzene rings is 3. The maximum atomic E-state index is 14.7. The van der Waals surface area contributed by atoms with Gasteiger partial charge in [-0.15, -0.1) is 0 Å². The van der Waals surface area contributed by atoms with Crippen LogP contribution < -0.4 is 9.80 Å². The molecule has 2 heterocycles. The third-order valence-electron chi connectivity index (χ3n) is 9.17. The normalized spacial score (nSPS) is 28.5. The van der Waals surface area contributed by atoms with Crippen molar-refractivity contribution in [1.29, 1.82) is 0 Å². The number of anilines is 2. The van der Waals surface area contributed by atoms with Crippen molar-refractivity contribution in [1.82, 2.24) is 0 Å². The fourth-order valence-electron chi connectivity index (χ4n) is 7.41. The first-order chi connectivity index (χ1) is 20.2. The number of nitrogens with zero attached hydrogens (tertiary/aromatic N) is 2. The summed E-state index contributed by atoms with van der Waals surface area (Å²) in [6.07, 6.45) is 2.36. The van der Waals surface area contributed by atoms with Crippen molar-refractivity contribution in [3.05, 3.63) is 96.9 Å². The molecule has 4 amide bonds. The van der Waals surface area contributed by atoms with Crippen molar-refractivity contribution < 1.29 is 28.7 Å². The molecule has 2 saturated heterocycles. The van der Waals surface area contributed by atoms with E-state index in [1.165, 1.54) is 15.9 Å². The van der Waals surface area contributed by atoms with Crippen LogP contribution in [0.3, 0.4) is 0 Å². The van der Waals surface area contributed by atoms with Crippen molar-refractivity contribution in [2.75, 3.05) is 9.80 Å². The summed E-state index contributed by atoms with van der Waals surface area (Å²) in [4.78, 5) is 58.1. The number of phenols is 1. The molecule has 7 rings (SSSR count). The number of carbonyl (C=O) groups excluding carboxylic acids is 4. The fourth-order valence-corrected chi connectivity index (χ4v) is 8.13. The maximum Gasteiger partial charge on any atom is 0.238 e. The molecule has 2 aliphatic heterocycles. The van der Waals surface area contributed by atoms with Crippen molar-refractivity contribution in [2.24, 2.45) is 29.6 Å². The Morgan fingerprint density at radius 3 is 1.83 bits per heavy atom. The van der Waals surface area contributed by atoms with E-state index >= 15 is 0 Å². The first kappa shape index (κ1) is 27.7. The predicted octanol–water partition coefficient (Wildman–Crippen LogP) is 5.79. The van der Waals surface area contributed by atoms with Gasteiger partial charge < -0.3 is 5.11 Å². The second-order valence-corrected chi connectivity index (χ2v) is 13.7. The van der Waals surface area contributed by atoms with Crippen molar-refractivity contribution in [3.8, 4) is 5.75 Å². The maximum absolute atomic E-state index is 14.7. The molecular formula is C32H23FI2N2O5. The zero-order chi connectivity index (χ0) is 29.4. The summed E-state index contributed by atoms with van der Waals surface area (Å²) in [6.45, 7) is 0. The Hall–Kier alpha value is -3.13. The van der Waals surface area contributed by atoms with Crippen LogP contribution in [0.4, 0.5) is 15.8 Å². The zero-order valence-corrected chi connectivity index (χ0v) is 26.2. The zero-order valence-electron chi connectivity index (χ0n) is 21.9. The molecule has 0 bridgehead atoms. The molecule has 0 spiro atoms. The van der Waals surface area contributed by atoms with Crippen LogP contribution in [0.15, 0.2) is 78.4 Å². The fraction of sp³-hybridized carbons (Fsp3) is 0.250. The summed E-state index contributed by atoms with van der Waals surface area (Å²) in [6, 6.07) is 18.4. The van der Waals surface area contributed by atoms with Crippen LogP contribution in [0, 0.1) is 42.5 Å². The largest absolute Gasteiger partial charge is 0.505 e. The Labute approximate surface area is 268 Å². The van der Waals surface area contributed by atoms with Crippen molar-refractivity contribution >= 4 is 80.2 Å². The van der Waals surface area contributed by atoms with E-state index in [4.69, 9.17) is 0 Å². The number of fused-ring (bicyclic) bond motifs is 4. The first-order valence-corrected chi connectivity index (χ1v) is 15.8. The molecule has 10 heteroatoms. The minimum absolute atomic E-state index is 0.204. The summed E-state index contributed by atoms with van der Waals surface area (Å²) in [5.74, 6) is -7.23. The Bertz CT molecular complexity index is 1710. The SMILES string of the molecule is O=C1C2CC=C3C(CC4C(=O)N(c5ccc(I)cc5)C(=O)C4C3c3cccc(F)c3O)C2C(=O)N1c1ccc(I)cc1. The van der Waals surface area contributed by atoms with Crippen LogP contribution >= 0.6 is 45.2 Å². The average molecular weight is 788 g/mol. The molecular weight excluding hydrogens is 765 g/mol. The summed E-state index contributed by atoms with van der Waals surface area (Å²) >= 11 is 4.30. The minimum Gasteiger partial charge on any atom is -0.505 e. The molecule has 1 saturated carbocycles. The number of halogens is 3. The van der Waals surface area contributed by atoms with Gasteiger partial charge in [0, 0.05) is 18.6 Å². The Kier molecular flexibility index (Phi) is 6.76. The van der Waals surface area contributed by atoms with E-state index in [1.54, 1.807) is 30.3 Å². The van der Waals surface area contributed by atoms with Gasteiger partial charge in [0.2, 0.25) is 23.6 Å². The topological polar surface area (TPSA) is 95.0 Å².